The van der Waals surface area contributed by atoms with Crippen molar-refractivity contribution in [1.82, 2.24) is 4.98 Å². The summed E-state index contributed by atoms with van der Waals surface area (Å²) in [4.78, 5) is 14.7. The highest BCUT2D eigenvalue weighted by molar-refractivity contribution is 5.91. The molecular formula is C13H15N3O3. The van der Waals surface area contributed by atoms with Crippen molar-refractivity contribution in [2.24, 2.45) is 5.92 Å². The second-order valence-electron chi connectivity index (χ2n) is 5.17. The Kier molecular flexibility index (Phi) is 2.85. The minimum absolute atomic E-state index is 0.0259. The highest BCUT2D eigenvalue weighted by atomic mass is 16.6. The van der Waals surface area contributed by atoms with Gasteiger partial charge < -0.3 is 9.73 Å². The molecule has 0 bridgehead atoms. The smallest absolute Gasteiger partial charge is 0.314 e. The summed E-state index contributed by atoms with van der Waals surface area (Å²) >= 11 is 0. The minimum Gasteiger partial charge on any atom is -0.460 e. The zero-order valence-electron chi connectivity index (χ0n) is 10.6. The number of hydrogen-bond donors (Lipinski definition) is 1. The molecule has 1 saturated carbocycles. The van der Waals surface area contributed by atoms with Crippen molar-refractivity contribution in [2.75, 3.05) is 5.32 Å². The molecule has 2 atom stereocenters. The number of furan rings is 1. The van der Waals surface area contributed by atoms with Crippen LogP contribution in [0.5, 0.6) is 0 Å². The molecule has 19 heavy (non-hydrogen) atoms. The monoisotopic (exact) mass is 261 g/mol. The van der Waals surface area contributed by atoms with Crippen molar-refractivity contribution in [3.8, 4) is 0 Å². The minimum atomic E-state index is -0.421. The lowest BCUT2D eigenvalue weighted by Crippen LogP contribution is -2.16. The van der Waals surface area contributed by atoms with E-state index in [1.807, 2.05) is 0 Å². The Morgan fingerprint density at radius 2 is 2.37 bits per heavy atom. The number of aromatic nitrogens is 1. The predicted molar refractivity (Wildman–Crippen MR) is 71.1 cm³/mol. The maximum absolute atomic E-state index is 11.1. The van der Waals surface area contributed by atoms with Crippen LogP contribution in [0.15, 0.2) is 22.9 Å². The van der Waals surface area contributed by atoms with E-state index in [1.54, 1.807) is 6.07 Å². The molecule has 2 aromatic rings. The van der Waals surface area contributed by atoms with E-state index in [0.717, 1.165) is 19.3 Å². The Labute approximate surface area is 110 Å². The lowest BCUT2D eigenvalue weighted by molar-refractivity contribution is -0.384. The molecule has 0 amide bonds. The Balaban J connectivity index is 2.01. The Morgan fingerprint density at radius 3 is 3.05 bits per heavy atom. The first-order valence-corrected chi connectivity index (χ1v) is 6.42. The first-order chi connectivity index (χ1) is 9.15. The average molecular weight is 261 g/mol. The van der Waals surface area contributed by atoms with E-state index < -0.39 is 4.92 Å². The van der Waals surface area contributed by atoms with Crippen molar-refractivity contribution in [1.29, 1.82) is 0 Å². The molecule has 100 valence electrons. The molecule has 0 spiro atoms. The molecule has 2 unspecified atom stereocenters. The van der Waals surface area contributed by atoms with E-state index in [4.69, 9.17) is 4.42 Å². The normalized spacial score (nSPS) is 22.8. The maximum Gasteiger partial charge on any atom is 0.314 e. The SMILES string of the molecule is CC1CCC(Nc2c([N+](=O)[O-])cnc3ccoc23)C1. The predicted octanol–water partition coefficient (Wildman–Crippen LogP) is 3.34. The number of nitro groups is 1. The number of anilines is 1. The van der Waals surface area contributed by atoms with E-state index >= 15 is 0 Å². The largest absolute Gasteiger partial charge is 0.460 e. The fourth-order valence-electron chi connectivity index (χ4n) is 2.72. The Morgan fingerprint density at radius 1 is 1.53 bits per heavy atom. The van der Waals surface area contributed by atoms with Gasteiger partial charge >= 0.3 is 5.69 Å². The number of hydrogen-bond acceptors (Lipinski definition) is 5. The van der Waals surface area contributed by atoms with Crippen LogP contribution in [-0.4, -0.2) is 15.9 Å². The molecule has 1 N–H and O–H groups in total. The summed E-state index contributed by atoms with van der Waals surface area (Å²) in [5, 5.41) is 14.4. The molecule has 0 saturated heterocycles. The third-order valence-corrected chi connectivity index (χ3v) is 3.69. The van der Waals surface area contributed by atoms with Gasteiger partial charge in [0, 0.05) is 12.1 Å². The van der Waals surface area contributed by atoms with Gasteiger partial charge in [-0.3, -0.25) is 10.1 Å². The van der Waals surface area contributed by atoms with E-state index in [2.05, 4.69) is 17.2 Å². The van der Waals surface area contributed by atoms with Gasteiger partial charge in [0.1, 0.15) is 11.7 Å². The van der Waals surface area contributed by atoms with Crippen LogP contribution in [0.2, 0.25) is 0 Å². The summed E-state index contributed by atoms with van der Waals surface area (Å²) in [6, 6.07) is 1.98. The van der Waals surface area contributed by atoms with Crippen molar-refractivity contribution < 1.29 is 9.34 Å². The standard InChI is InChI=1S/C13H15N3O3/c1-8-2-3-9(6-8)15-12-11(16(17)18)7-14-10-4-5-19-13(10)12/h4-5,7-9H,2-3,6H2,1H3,(H,14,15). The molecule has 6 heteroatoms. The van der Waals surface area contributed by atoms with Crippen molar-refractivity contribution in [3.05, 3.63) is 28.6 Å². The number of pyridine rings is 1. The maximum atomic E-state index is 11.1. The second-order valence-corrected chi connectivity index (χ2v) is 5.17. The second kappa shape index (κ2) is 4.53. The van der Waals surface area contributed by atoms with Gasteiger partial charge in [0.05, 0.1) is 11.2 Å². The van der Waals surface area contributed by atoms with E-state index in [1.165, 1.54) is 12.5 Å². The van der Waals surface area contributed by atoms with Gasteiger partial charge in [0.2, 0.25) is 0 Å². The Hall–Kier alpha value is -2.11. The molecular weight excluding hydrogens is 246 g/mol. The molecule has 6 nitrogen and oxygen atoms in total. The summed E-state index contributed by atoms with van der Waals surface area (Å²) in [5.74, 6) is 0.658. The van der Waals surface area contributed by atoms with Crippen LogP contribution in [0.25, 0.3) is 11.1 Å². The summed E-state index contributed by atoms with van der Waals surface area (Å²) < 4.78 is 5.35. The quantitative estimate of drug-likeness (QED) is 0.677. The Bertz CT molecular complexity index is 623. The lowest BCUT2D eigenvalue weighted by atomic mass is 10.1. The third kappa shape index (κ3) is 2.14. The number of rotatable bonds is 3. The van der Waals surface area contributed by atoms with E-state index in [0.29, 0.717) is 22.7 Å². The van der Waals surface area contributed by atoms with Crippen LogP contribution in [0, 0.1) is 16.0 Å². The summed E-state index contributed by atoms with van der Waals surface area (Å²) in [6.07, 6.45) is 6.00. The highest BCUT2D eigenvalue weighted by Gasteiger charge is 2.26. The van der Waals surface area contributed by atoms with Gasteiger partial charge in [-0.2, -0.15) is 0 Å². The van der Waals surface area contributed by atoms with Gasteiger partial charge in [-0.1, -0.05) is 6.92 Å². The van der Waals surface area contributed by atoms with Gasteiger partial charge in [0.15, 0.2) is 11.3 Å². The molecule has 0 radical (unpaired) electrons. The van der Waals surface area contributed by atoms with Gasteiger partial charge in [-0.25, -0.2) is 4.98 Å². The van der Waals surface area contributed by atoms with E-state index in [-0.39, 0.29) is 11.7 Å². The number of fused-ring (bicyclic) bond motifs is 1. The molecule has 1 fully saturated rings. The van der Waals surface area contributed by atoms with Gasteiger partial charge in [-0.05, 0) is 25.2 Å². The molecule has 1 aliphatic carbocycles. The first kappa shape index (κ1) is 12.0. The molecule has 0 aromatic carbocycles. The van der Waals surface area contributed by atoms with Crippen LogP contribution in [-0.2, 0) is 0 Å². The summed E-state index contributed by atoms with van der Waals surface area (Å²) in [6.45, 7) is 2.20. The zero-order chi connectivity index (χ0) is 13.4. The first-order valence-electron chi connectivity index (χ1n) is 6.42. The van der Waals surface area contributed by atoms with Crippen molar-refractivity contribution in [3.63, 3.8) is 0 Å². The van der Waals surface area contributed by atoms with Crippen LogP contribution in [0.1, 0.15) is 26.2 Å². The van der Waals surface area contributed by atoms with Crippen LogP contribution < -0.4 is 5.32 Å². The zero-order valence-corrected chi connectivity index (χ0v) is 10.6. The van der Waals surface area contributed by atoms with Gasteiger partial charge in [-0.15, -0.1) is 0 Å². The molecule has 3 rings (SSSR count). The average Bonchev–Trinajstić information content (AvgIpc) is 2.98. The fraction of sp³-hybridized carbons (Fsp3) is 0.462. The van der Waals surface area contributed by atoms with Gasteiger partial charge in [0.25, 0.3) is 0 Å². The molecule has 0 aliphatic heterocycles. The van der Waals surface area contributed by atoms with Crippen LogP contribution >= 0.6 is 0 Å². The number of nitrogens with one attached hydrogen (secondary N) is 1. The molecule has 2 aromatic heterocycles. The summed E-state index contributed by atoms with van der Waals surface area (Å²) in [7, 11) is 0. The third-order valence-electron chi connectivity index (χ3n) is 3.69. The number of nitrogens with zero attached hydrogens (tertiary/aromatic N) is 2. The lowest BCUT2D eigenvalue weighted by Gasteiger charge is -2.14. The van der Waals surface area contributed by atoms with Crippen molar-refractivity contribution in [2.45, 2.75) is 32.2 Å². The summed E-state index contributed by atoms with van der Waals surface area (Å²) in [5.41, 5.74) is 1.54. The molecule has 1 aliphatic rings. The topological polar surface area (TPSA) is 81.2 Å². The fourth-order valence-corrected chi connectivity index (χ4v) is 2.72. The van der Waals surface area contributed by atoms with E-state index in [9.17, 15) is 10.1 Å². The van der Waals surface area contributed by atoms with Crippen LogP contribution in [0.3, 0.4) is 0 Å². The van der Waals surface area contributed by atoms with Crippen LogP contribution in [0.4, 0.5) is 11.4 Å². The molecule has 2 heterocycles. The van der Waals surface area contributed by atoms with Crippen molar-refractivity contribution >= 4 is 22.5 Å². The highest BCUT2D eigenvalue weighted by Crippen LogP contribution is 2.35.